The summed E-state index contributed by atoms with van der Waals surface area (Å²) in [4.78, 5) is 8.72. The van der Waals surface area contributed by atoms with Crippen molar-refractivity contribution >= 4 is 66.0 Å². The molecule has 34 heavy (non-hydrogen) atoms. The summed E-state index contributed by atoms with van der Waals surface area (Å²) in [5.74, 6) is 0. The van der Waals surface area contributed by atoms with Gasteiger partial charge >= 0.3 is 49.6 Å². The molecular formula is C25H36Cl4N3SZn-. The molecule has 2 aliphatic rings. The van der Waals surface area contributed by atoms with Crippen LogP contribution in [0.5, 0.6) is 0 Å². The van der Waals surface area contributed by atoms with Crippen LogP contribution >= 0.6 is 50.1 Å². The molecule has 0 radical (unpaired) electrons. The Kier molecular flexibility index (Phi) is 12.9. The van der Waals surface area contributed by atoms with E-state index in [1.165, 1.54) is 51.9 Å². The molecule has 0 bridgehead atoms. The molecule has 0 amide bonds. The minimum atomic E-state index is -3.36. The topological polar surface area (TPSA) is 19.1 Å². The number of rotatable bonds is 9. The summed E-state index contributed by atoms with van der Waals surface area (Å²) in [5, 5.41) is 1.34. The molecule has 9 heteroatoms. The normalized spacial score (nSPS) is 11.4. The predicted molar refractivity (Wildman–Crippen MR) is 153 cm³/mol. The number of halogens is 4. The Morgan fingerprint density at radius 1 is 0.912 bits per heavy atom. The first-order chi connectivity index (χ1) is 16.1. The van der Waals surface area contributed by atoms with E-state index in [-0.39, 0.29) is 0 Å². The van der Waals surface area contributed by atoms with E-state index in [9.17, 15) is 0 Å². The van der Waals surface area contributed by atoms with Crippen molar-refractivity contribution in [3.05, 3.63) is 41.3 Å². The van der Waals surface area contributed by atoms with E-state index in [0.29, 0.717) is 0 Å². The Morgan fingerprint density at radius 2 is 1.50 bits per heavy atom. The monoisotopic (exact) mass is 614 g/mol. The van der Waals surface area contributed by atoms with Gasteiger partial charge in [0, 0.05) is 43.8 Å². The quantitative estimate of drug-likeness (QED) is 0.136. The molecule has 3 rings (SSSR count). The molecule has 1 aromatic rings. The van der Waals surface area contributed by atoms with Crippen LogP contribution in [0.15, 0.2) is 30.3 Å². The average Bonchev–Trinajstić information content (AvgIpc) is 2.77. The van der Waals surface area contributed by atoms with E-state index in [4.69, 9.17) is 43.7 Å². The van der Waals surface area contributed by atoms with Gasteiger partial charge in [-0.05, 0) is 44.5 Å². The van der Waals surface area contributed by atoms with Crippen LogP contribution in [0.1, 0.15) is 58.9 Å². The summed E-state index contributed by atoms with van der Waals surface area (Å²) in [6.45, 7) is 15.5. The Bertz CT molecular complexity index is 1080. The second-order valence-electron chi connectivity index (χ2n) is 8.45. The molecule has 1 aromatic carbocycles. The summed E-state index contributed by atoms with van der Waals surface area (Å²) in [5.41, 5.74) is 4.82. The maximum absolute atomic E-state index is 5.05. The molecule has 188 valence electrons. The van der Waals surface area contributed by atoms with Crippen LogP contribution in [-0.4, -0.2) is 31.2 Å². The summed E-state index contributed by atoms with van der Waals surface area (Å²) in [7, 11) is 16.8. The number of aryl methyl sites for hydroxylation is 1. The van der Waals surface area contributed by atoms with Gasteiger partial charge in [0.25, 0.3) is 0 Å². The molecule has 1 aliphatic heterocycles. The van der Waals surface area contributed by atoms with Crippen LogP contribution in [0.2, 0.25) is 0 Å². The second kappa shape index (κ2) is 14.5. The van der Waals surface area contributed by atoms with Crippen molar-refractivity contribution in [1.29, 1.82) is 0 Å². The summed E-state index contributed by atoms with van der Waals surface area (Å²) < 4.78 is 3.84. The van der Waals surface area contributed by atoms with E-state index in [1.54, 1.807) is 0 Å². The van der Waals surface area contributed by atoms with Crippen molar-refractivity contribution in [1.82, 2.24) is 9.56 Å². The number of hydrogen-bond acceptors (Lipinski definition) is 3. The molecule has 1 aliphatic carbocycles. The first kappa shape index (κ1) is 30.1. The number of fused-ring (bicyclic) bond motifs is 2. The standard InChI is InChI=1S/C25H36N3S.4ClH.Zn/c1-6-10-14-28(15-11-7-2)20-12-13-22-23(17-20)29-24-18-21(27(8-3)9-4)16-19(5)25(24)26-22;;;;;/h12-13,16-18H,6-11,14-15H2,1-5H3;4*1H;/q+1;;;;;+2/p-4. The molecule has 0 unspecified atom stereocenters. The van der Waals surface area contributed by atoms with Gasteiger partial charge in [-0.25, -0.2) is 9.56 Å². The average molecular weight is 618 g/mol. The number of aromatic nitrogens is 1. The van der Waals surface area contributed by atoms with Gasteiger partial charge in [-0.3, -0.25) is 0 Å². The summed E-state index contributed by atoms with van der Waals surface area (Å²) in [6, 6.07) is 11.4. The second-order valence-corrected chi connectivity index (χ2v) is 37.3. The maximum atomic E-state index is 5.05. The first-order valence-corrected chi connectivity index (χ1v) is 28.8. The minimum absolute atomic E-state index is 1.03. The molecule has 0 fully saturated rings. The van der Waals surface area contributed by atoms with Gasteiger partial charge in [-0.15, -0.1) is 11.3 Å². The van der Waals surface area contributed by atoms with Gasteiger partial charge in [0.2, 0.25) is 5.36 Å². The molecule has 0 N–H and O–H groups in total. The molecular weight excluding hydrogens is 582 g/mol. The van der Waals surface area contributed by atoms with Crippen molar-refractivity contribution in [2.75, 3.05) is 31.1 Å². The van der Waals surface area contributed by atoms with Crippen LogP contribution in [0.4, 0.5) is 5.69 Å². The Balaban J connectivity index is 0.000000739. The first-order valence-electron chi connectivity index (χ1n) is 12.4. The molecule has 1 heterocycles. The van der Waals surface area contributed by atoms with E-state index in [0.717, 1.165) is 37.4 Å². The van der Waals surface area contributed by atoms with Crippen molar-refractivity contribution in [3.8, 4) is 10.6 Å². The molecule has 3 nitrogen and oxygen atoms in total. The van der Waals surface area contributed by atoms with Crippen LogP contribution in [-0.2, 0) is 10.8 Å². The van der Waals surface area contributed by atoms with Gasteiger partial charge < -0.3 is 4.90 Å². The van der Waals surface area contributed by atoms with Gasteiger partial charge in [0.15, 0.2) is 0 Å². The molecule has 0 aromatic heterocycles. The third-order valence-electron chi connectivity index (χ3n) is 5.70. The molecule has 0 atom stereocenters. The number of unbranched alkanes of at least 4 members (excludes halogenated alkanes) is 2. The molecule has 0 spiro atoms. The Morgan fingerprint density at radius 3 is 2.03 bits per heavy atom. The third kappa shape index (κ3) is 9.38. The van der Waals surface area contributed by atoms with Gasteiger partial charge in [-0.1, -0.05) is 26.7 Å². The van der Waals surface area contributed by atoms with Crippen molar-refractivity contribution < 1.29 is 10.8 Å². The Labute approximate surface area is 228 Å². The van der Waals surface area contributed by atoms with E-state index in [2.05, 4.69) is 74.4 Å². The molecule has 0 saturated carbocycles. The SMILES string of the molecule is CCCC[N+](CCCC)=c1ccc2nc3c(C)cc(N(CC)CC)cc3sc-2c1.[Cl][Zn-2]([Cl])([Cl])[Cl]. The van der Waals surface area contributed by atoms with Crippen LogP contribution in [0, 0.1) is 6.92 Å². The van der Waals surface area contributed by atoms with Crippen molar-refractivity contribution in [2.45, 2.75) is 60.3 Å². The van der Waals surface area contributed by atoms with E-state index < -0.39 is 10.8 Å². The van der Waals surface area contributed by atoms with Gasteiger partial charge in [0.05, 0.1) is 20.8 Å². The van der Waals surface area contributed by atoms with Crippen LogP contribution in [0.25, 0.3) is 20.8 Å². The van der Waals surface area contributed by atoms with Gasteiger partial charge in [-0.2, -0.15) is 0 Å². The van der Waals surface area contributed by atoms with Crippen molar-refractivity contribution in [2.24, 2.45) is 0 Å². The zero-order valence-electron chi connectivity index (χ0n) is 21.0. The van der Waals surface area contributed by atoms with Gasteiger partial charge in [0.1, 0.15) is 13.1 Å². The number of nitrogens with zero attached hydrogens (tertiary/aromatic N) is 3. The number of benzene rings is 2. The fourth-order valence-corrected chi connectivity index (χ4v) is 5.02. The fourth-order valence-electron chi connectivity index (χ4n) is 3.90. The van der Waals surface area contributed by atoms with Crippen LogP contribution < -0.4 is 14.8 Å². The zero-order valence-corrected chi connectivity index (χ0v) is 27.8. The van der Waals surface area contributed by atoms with E-state index >= 15 is 0 Å². The number of anilines is 1. The van der Waals surface area contributed by atoms with E-state index in [1.807, 2.05) is 11.3 Å². The molecule has 0 saturated heterocycles. The third-order valence-corrected chi connectivity index (χ3v) is 6.78. The number of hydrogen-bond donors (Lipinski definition) is 0. The van der Waals surface area contributed by atoms with Crippen molar-refractivity contribution in [3.63, 3.8) is 0 Å². The predicted octanol–water partition coefficient (Wildman–Crippen LogP) is 8.68. The van der Waals surface area contributed by atoms with Crippen LogP contribution in [0.3, 0.4) is 0 Å². The Hall–Kier alpha value is -0.157. The summed E-state index contributed by atoms with van der Waals surface area (Å²) >= 11 is 1.88. The summed E-state index contributed by atoms with van der Waals surface area (Å²) in [6.07, 6.45) is 4.96. The fraction of sp³-hybridized carbons (Fsp3) is 0.520. The zero-order chi connectivity index (χ0) is 25.3.